The lowest BCUT2D eigenvalue weighted by Crippen LogP contribution is -2.45. The highest BCUT2D eigenvalue weighted by atomic mass is 35.5. The summed E-state index contributed by atoms with van der Waals surface area (Å²) in [6, 6.07) is 15.8. The summed E-state index contributed by atoms with van der Waals surface area (Å²) in [6.45, 7) is 6.46. The molecule has 2 N–H and O–H groups in total. The second kappa shape index (κ2) is 9.78. The average molecular weight is 427 g/mol. The molecule has 2 unspecified atom stereocenters. The minimum Gasteiger partial charge on any atom is -0.372 e. The number of amides is 2. The molecule has 0 spiro atoms. The van der Waals surface area contributed by atoms with Crippen molar-refractivity contribution in [3.8, 4) is 0 Å². The summed E-state index contributed by atoms with van der Waals surface area (Å²) in [5.74, 6) is 0. The number of pyridine rings is 1. The van der Waals surface area contributed by atoms with Crippen molar-refractivity contribution in [2.24, 2.45) is 0 Å². The number of nitrogens with one attached hydrogen (secondary N) is 2. The molecule has 158 valence electrons. The molecule has 0 aliphatic carbocycles. The number of benzene rings is 2. The van der Waals surface area contributed by atoms with E-state index in [-0.39, 0.29) is 30.6 Å². The van der Waals surface area contributed by atoms with Crippen LogP contribution < -0.4 is 15.5 Å². The Balaban J connectivity index is 0.00000256. The first-order valence-corrected chi connectivity index (χ1v) is 9.95. The van der Waals surface area contributed by atoms with Crippen LogP contribution in [0.3, 0.4) is 0 Å². The quantitative estimate of drug-likeness (QED) is 0.640. The smallest absolute Gasteiger partial charge is 0.319 e. The highest BCUT2D eigenvalue weighted by molar-refractivity contribution is 6.01. The Bertz CT molecular complexity index is 981. The minimum absolute atomic E-state index is 0. The number of anilines is 2. The van der Waals surface area contributed by atoms with Gasteiger partial charge >= 0.3 is 6.03 Å². The number of carbonyl (C=O) groups excluding carboxylic acids is 1. The third kappa shape index (κ3) is 5.20. The lowest BCUT2D eigenvalue weighted by Gasteiger charge is -2.36. The SMILES string of the molecule is CC1CN(c2ccc(CNC(=O)Nc3cccc4cnccc34)cc2)CC(C)O1.Cl. The molecular formula is C23H27ClN4O2. The summed E-state index contributed by atoms with van der Waals surface area (Å²) in [5.41, 5.74) is 3.01. The van der Waals surface area contributed by atoms with Crippen molar-refractivity contribution in [2.75, 3.05) is 23.3 Å². The number of hydrogen-bond donors (Lipinski definition) is 2. The van der Waals surface area contributed by atoms with Gasteiger partial charge in [-0.25, -0.2) is 4.79 Å². The zero-order valence-electron chi connectivity index (χ0n) is 17.2. The van der Waals surface area contributed by atoms with Crippen LogP contribution in [0.4, 0.5) is 16.2 Å². The fourth-order valence-electron chi connectivity index (χ4n) is 3.79. The first-order valence-electron chi connectivity index (χ1n) is 9.95. The molecule has 1 aliphatic rings. The zero-order valence-corrected chi connectivity index (χ0v) is 18.0. The van der Waals surface area contributed by atoms with Crippen molar-refractivity contribution in [2.45, 2.75) is 32.6 Å². The predicted octanol–water partition coefficient (Wildman–Crippen LogP) is 4.59. The largest absolute Gasteiger partial charge is 0.372 e. The van der Waals surface area contributed by atoms with E-state index in [1.165, 1.54) is 5.69 Å². The number of halogens is 1. The van der Waals surface area contributed by atoms with Crippen molar-refractivity contribution in [1.29, 1.82) is 0 Å². The first kappa shape index (κ1) is 21.9. The van der Waals surface area contributed by atoms with E-state index in [0.29, 0.717) is 6.54 Å². The molecule has 2 heterocycles. The number of urea groups is 1. The summed E-state index contributed by atoms with van der Waals surface area (Å²) in [5, 5.41) is 7.82. The summed E-state index contributed by atoms with van der Waals surface area (Å²) < 4.78 is 5.80. The number of carbonyl (C=O) groups is 1. The maximum atomic E-state index is 12.4. The van der Waals surface area contributed by atoms with Gasteiger partial charge in [0.25, 0.3) is 0 Å². The van der Waals surface area contributed by atoms with Crippen LogP contribution in [0.2, 0.25) is 0 Å². The van der Waals surface area contributed by atoms with E-state index < -0.39 is 0 Å². The van der Waals surface area contributed by atoms with Gasteiger partial charge in [-0.15, -0.1) is 12.4 Å². The Labute approximate surface area is 183 Å². The zero-order chi connectivity index (χ0) is 20.2. The standard InChI is InChI=1S/C23H26N4O2.ClH/c1-16-14-27(15-17(2)29-16)20-8-6-18(7-9-20)12-25-23(28)26-22-5-3-4-19-13-24-11-10-21(19)22;/h3-11,13,16-17H,12,14-15H2,1-2H3,(H2,25,26,28);1H. The minimum atomic E-state index is -0.228. The number of nitrogens with zero attached hydrogens (tertiary/aromatic N) is 2. The maximum absolute atomic E-state index is 12.4. The number of ether oxygens (including phenoxy) is 1. The number of hydrogen-bond acceptors (Lipinski definition) is 4. The Morgan fingerprint density at radius 1 is 1.10 bits per heavy atom. The predicted molar refractivity (Wildman–Crippen MR) is 124 cm³/mol. The van der Waals surface area contributed by atoms with Gasteiger partial charge in [0.15, 0.2) is 0 Å². The molecule has 2 aromatic carbocycles. The van der Waals surface area contributed by atoms with Crippen LogP contribution in [-0.2, 0) is 11.3 Å². The van der Waals surface area contributed by atoms with Crippen molar-refractivity contribution in [3.63, 3.8) is 0 Å². The van der Waals surface area contributed by atoms with E-state index >= 15 is 0 Å². The number of fused-ring (bicyclic) bond motifs is 1. The Morgan fingerprint density at radius 3 is 2.57 bits per heavy atom. The van der Waals surface area contributed by atoms with Crippen LogP contribution in [0, 0.1) is 0 Å². The van der Waals surface area contributed by atoms with Gasteiger partial charge < -0.3 is 20.3 Å². The number of aromatic nitrogens is 1. The van der Waals surface area contributed by atoms with E-state index in [0.717, 1.165) is 35.1 Å². The van der Waals surface area contributed by atoms with E-state index in [2.05, 4.69) is 58.6 Å². The van der Waals surface area contributed by atoms with Gasteiger partial charge in [0.05, 0.1) is 17.9 Å². The third-order valence-electron chi connectivity index (χ3n) is 5.10. The maximum Gasteiger partial charge on any atom is 0.319 e. The lowest BCUT2D eigenvalue weighted by atomic mass is 10.1. The van der Waals surface area contributed by atoms with E-state index in [1.54, 1.807) is 12.4 Å². The molecule has 1 aromatic heterocycles. The summed E-state index contributed by atoms with van der Waals surface area (Å²) in [7, 11) is 0. The first-order chi connectivity index (χ1) is 14.1. The van der Waals surface area contributed by atoms with Gasteiger partial charge in [0, 0.05) is 48.5 Å². The van der Waals surface area contributed by atoms with Gasteiger partial charge in [-0.1, -0.05) is 24.3 Å². The van der Waals surface area contributed by atoms with Crippen molar-refractivity contribution in [1.82, 2.24) is 10.3 Å². The van der Waals surface area contributed by atoms with Crippen molar-refractivity contribution in [3.05, 3.63) is 66.5 Å². The van der Waals surface area contributed by atoms with Gasteiger partial charge in [-0.3, -0.25) is 4.98 Å². The molecular weight excluding hydrogens is 400 g/mol. The van der Waals surface area contributed by atoms with Gasteiger partial charge in [0.1, 0.15) is 0 Å². The molecule has 0 saturated carbocycles. The lowest BCUT2D eigenvalue weighted by molar-refractivity contribution is -0.00521. The second-order valence-electron chi connectivity index (χ2n) is 7.54. The molecule has 3 aromatic rings. The van der Waals surface area contributed by atoms with Gasteiger partial charge in [-0.05, 0) is 43.7 Å². The van der Waals surface area contributed by atoms with Crippen LogP contribution in [-0.4, -0.2) is 36.3 Å². The van der Waals surface area contributed by atoms with Gasteiger partial charge in [0.2, 0.25) is 0 Å². The average Bonchev–Trinajstić information content (AvgIpc) is 2.72. The Hall–Kier alpha value is -2.83. The molecule has 0 radical (unpaired) electrons. The van der Waals surface area contributed by atoms with E-state index in [4.69, 9.17) is 4.74 Å². The molecule has 1 saturated heterocycles. The molecule has 6 nitrogen and oxygen atoms in total. The second-order valence-corrected chi connectivity index (χ2v) is 7.54. The van der Waals surface area contributed by atoms with Crippen LogP contribution in [0.5, 0.6) is 0 Å². The van der Waals surface area contributed by atoms with Crippen molar-refractivity contribution < 1.29 is 9.53 Å². The summed E-state index contributed by atoms with van der Waals surface area (Å²) in [4.78, 5) is 18.8. The molecule has 2 amide bonds. The Kier molecular flexibility index (Phi) is 7.13. The monoisotopic (exact) mass is 426 g/mol. The molecule has 7 heteroatoms. The van der Waals surface area contributed by atoms with Gasteiger partial charge in [-0.2, -0.15) is 0 Å². The van der Waals surface area contributed by atoms with Crippen LogP contribution in [0.25, 0.3) is 10.8 Å². The fourth-order valence-corrected chi connectivity index (χ4v) is 3.79. The highest BCUT2D eigenvalue weighted by Crippen LogP contribution is 2.22. The van der Waals surface area contributed by atoms with Crippen LogP contribution in [0.1, 0.15) is 19.4 Å². The normalized spacial score (nSPS) is 18.5. The van der Waals surface area contributed by atoms with Crippen LogP contribution >= 0.6 is 12.4 Å². The molecule has 30 heavy (non-hydrogen) atoms. The molecule has 4 rings (SSSR count). The fraction of sp³-hybridized carbons (Fsp3) is 0.304. The summed E-state index contributed by atoms with van der Waals surface area (Å²) >= 11 is 0. The molecule has 0 bridgehead atoms. The Morgan fingerprint density at radius 2 is 1.83 bits per heavy atom. The topological polar surface area (TPSA) is 66.5 Å². The highest BCUT2D eigenvalue weighted by Gasteiger charge is 2.22. The molecule has 2 atom stereocenters. The van der Waals surface area contributed by atoms with E-state index in [1.807, 2.05) is 24.3 Å². The molecule has 1 fully saturated rings. The molecule has 1 aliphatic heterocycles. The summed E-state index contributed by atoms with van der Waals surface area (Å²) in [6.07, 6.45) is 3.97. The van der Waals surface area contributed by atoms with E-state index in [9.17, 15) is 4.79 Å². The number of rotatable bonds is 4. The number of morpholine rings is 1. The van der Waals surface area contributed by atoms with Crippen molar-refractivity contribution >= 4 is 40.6 Å². The third-order valence-corrected chi connectivity index (χ3v) is 5.10. The van der Waals surface area contributed by atoms with Crippen LogP contribution in [0.15, 0.2) is 60.9 Å².